The van der Waals surface area contributed by atoms with Gasteiger partial charge in [0.1, 0.15) is 11.6 Å². The standard InChI is InChI=1S/C35H43N3O5/c1-7-18-36(21-26-12-10-9-11-13-26)31(40)28-29-32(41)38(25(5)22-39)30(35(29)17-16-34(28,6)43-35)33(42)37(19-8-2)27-20-23(3)14-15-24(27)4/h7-15,20,25,28-30,39H,1-2,16-19,21-22H2,3-6H3/t25-,28-,29+,30?,34+,35?/m1/s1. The van der Waals surface area contributed by atoms with Crippen molar-refractivity contribution in [1.82, 2.24) is 9.80 Å². The third kappa shape index (κ3) is 5.00. The van der Waals surface area contributed by atoms with E-state index in [2.05, 4.69) is 13.2 Å². The zero-order valence-corrected chi connectivity index (χ0v) is 25.7. The van der Waals surface area contributed by atoms with Gasteiger partial charge in [-0.2, -0.15) is 0 Å². The van der Waals surface area contributed by atoms with Crippen LogP contribution in [0.1, 0.15) is 43.4 Å². The Morgan fingerprint density at radius 3 is 2.44 bits per heavy atom. The first-order valence-electron chi connectivity index (χ1n) is 15.1. The Balaban J connectivity index is 1.59. The number of ether oxygens (including phenoxy) is 1. The molecule has 3 aliphatic heterocycles. The molecule has 3 aliphatic rings. The van der Waals surface area contributed by atoms with E-state index in [4.69, 9.17) is 4.74 Å². The summed E-state index contributed by atoms with van der Waals surface area (Å²) in [5, 5.41) is 10.3. The third-order valence-corrected chi connectivity index (χ3v) is 9.56. The zero-order chi connectivity index (χ0) is 31.1. The average Bonchev–Trinajstić information content (AvgIpc) is 3.57. The van der Waals surface area contributed by atoms with Gasteiger partial charge in [-0.05, 0) is 63.3 Å². The molecule has 2 bridgehead atoms. The summed E-state index contributed by atoms with van der Waals surface area (Å²) in [6.45, 7) is 15.9. The number of benzene rings is 2. The highest BCUT2D eigenvalue weighted by molar-refractivity contribution is 6.05. The first kappa shape index (κ1) is 30.7. The molecule has 3 amide bonds. The number of likely N-dealkylation sites (tertiary alicyclic amines) is 1. The summed E-state index contributed by atoms with van der Waals surface area (Å²) in [4.78, 5) is 48.6. The predicted octanol–water partition coefficient (Wildman–Crippen LogP) is 4.18. The first-order chi connectivity index (χ1) is 20.5. The van der Waals surface area contributed by atoms with E-state index in [-0.39, 0.29) is 30.9 Å². The Kier molecular flexibility index (Phi) is 8.38. The van der Waals surface area contributed by atoms with E-state index < -0.39 is 35.1 Å². The van der Waals surface area contributed by atoms with Gasteiger partial charge in [-0.3, -0.25) is 14.4 Å². The summed E-state index contributed by atoms with van der Waals surface area (Å²) < 4.78 is 6.84. The van der Waals surface area contributed by atoms with Gasteiger partial charge in [0, 0.05) is 25.3 Å². The smallest absolute Gasteiger partial charge is 0.253 e. The molecular weight excluding hydrogens is 542 g/mol. The van der Waals surface area contributed by atoms with Gasteiger partial charge >= 0.3 is 0 Å². The molecule has 8 nitrogen and oxygen atoms in total. The lowest BCUT2D eigenvalue weighted by molar-refractivity contribution is -0.152. The number of rotatable bonds is 11. The van der Waals surface area contributed by atoms with Crippen LogP contribution >= 0.6 is 0 Å². The Morgan fingerprint density at radius 2 is 1.79 bits per heavy atom. The molecule has 6 atom stereocenters. The van der Waals surface area contributed by atoms with Gasteiger partial charge < -0.3 is 24.5 Å². The Morgan fingerprint density at radius 1 is 1.09 bits per heavy atom. The summed E-state index contributed by atoms with van der Waals surface area (Å²) in [6, 6.07) is 14.0. The monoisotopic (exact) mass is 585 g/mol. The van der Waals surface area contributed by atoms with Crippen molar-refractivity contribution < 1.29 is 24.2 Å². The molecule has 1 spiro atoms. The lowest BCUT2D eigenvalue weighted by Gasteiger charge is -2.39. The molecular formula is C35H43N3O5. The summed E-state index contributed by atoms with van der Waals surface area (Å²) >= 11 is 0. The van der Waals surface area contributed by atoms with E-state index in [1.54, 1.807) is 28.9 Å². The molecule has 0 aromatic heterocycles. The molecule has 0 saturated carbocycles. The minimum absolute atomic E-state index is 0.187. The maximum absolute atomic E-state index is 14.8. The van der Waals surface area contributed by atoms with E-state index in [1.807, 2.05) is 69.3 Å². The van der Waals surface area contributed by atoms with Crippen LogP contribution in [0.3, 0.4) is 0 Å². The molecule has 5 rings (SSSR count). The number of hydrogen-bond donors (Lipinski definition) is 1. The SMILES string of the molecule is C=CCN(Cc1ccccc1)C(=O)[C@H]1[C@H]2C(=O)N([C@H](C)CO)C(C(=O)N(CC=C)c3cc(C)ccc3C)C23CC[C@]1(C)O3. The van der Waals surface area contributed by atoms with E-state index >= 15 is 0 Å². The maximum Gasteiger partial charge on any atom is 0.253 e. The zero-order valence-electron chi connectivity index (χ0n) is 25.7. The number of carbonyl (C=O) groups is 3. The van der Waals surface area contributed by atoms with Gasteiger partial charge in [-0.15, -0.1) is 13.2 Å². The van der Waals surface area contributed by atoms with Gasteiger partial charge in [0.2, 0.25) is 11.8 Å². The summed E-state index contributed by atoms with van der Waals surface area (Å²) in [5.41, 5.74) is 1.51. The highest BCUT2D eigenvalue weighted by atomic mass is 16.5. The molecule has 8 heteroatoms. The van der Waals surface area contributed by atoms with Gasteiger partial charge in [0.15, 0.2) is 0 Å². The normalized spacial score (nSPS) is 28.0. The number of aliphatic hydroxyl groups is 1. The second kappa shape index (κ2) is 11.7. The fourth-order valence-corrected chi connectivity index (χ4v) is 7.56. The van der Waals surface area contributed by atoms with Gasteiger partial charge in [-0.1, -0.05) is 54.6 Å². The molecule has 2 unspecified atom stereocenters. The number of anilines is 1. The van der Waals surface area contributed by atoms with Crippen LogP contribution in [-0.4, -0.2) is 75.6 Å². The molecule has 2 aromatic carbocycles. The second-order valence-electron chi connectivity index (χ2n) is 12.5. The lowest BCUT2D eigenvalue weighted by atomic mass is 9.66. The fourth-order valence-electron chi connectivity index (χ4n) is 7.56. The predicted molar refractivity (Wildman–Crippen MR) is 166 cm³/mol. The highest BCUT2D eigenvalue weighted by Gasteiger charge is 2.78. The fraction of sp³-hybridized carbons (Fsp3) is 0.457. The molecule has 1 N–H and O–H groups in total. The first-order valence-corrected chi connectivity index (χ1v) is 15.1. The van der Waals surface area contributed by atoms with Crippen molar-refractivity contribution in [2.24, 2.45) is 11.8 Å². The van der Waals surface area contributed by atoms with Crippen LogP contribution in [0.2, 0.25) is 0 Å². The van der Waals surface area contributed by atoms with Crippen LogP contribution in [0.5, 0.6) is 0 Å². The molecule has 3 fully saturated rings. The van der Waals surface area contributed by atoms with Crippen LogP contribution in [0.4, 0.5) is 5.69 Å². The number of nitrogens with zero attached hydrogens (tertiary/aromatic N) is 3. The van der Waals surface area contributed by atoms with Gasteiger partial charge in [0.05, 0.1) is 30.1 Å². The maximum atomic E-state index is 14.8. The largest absolute Gasteiger partial charge is 0.394 e. The van der Waals surface area contributed by atoms with Crippen LogP contribution in [0.15, 0.2) is 73.8 Å². The van der Waals surface area contributed by atoms with Crippen LogP contribution in [0, 0.1) is 25.7 Å². The number of aliphatic hydroxyl groups excluding tert-OH is 1. The van der Waals surface area contributed by atoms with Crippen molar-refractivity contribution in [1.29, 1.82) is 0 Å². The van der Waals surface area contributed by atoms with Crippen LogP contribution in [0.25, 0.3) is 0 Å². The van der Waals surface area contributed by atoms with Crippen LogP contribution < -0.4 is 4.90 Å². The minimum Gasteiger partial charge on any atom is -0.394 e. The Hall–Kier alpha value is -3.75. The van der Waals surface area contributed by atoms with E-state index in [0.29, 0.717) is 25.9 Å². The summed E-state index contributed by atoms with van der Waals surface area (Å²) in [5.74, 6) is -2.44. The molecule has 0 aliphatic carbocycles. The van der Waals surface area contributed by atoms with Crippen molar-refractivity contribution >= 4 is 23.4 Å². The number of fused-ring (bicyclic) bond motifs is 1. The van der Waals surface area contributed by atoms with Crippen molar-refractivity contribution in [3.05, 3.63) is 90.5 Å². The third-order valence-electron chi connectivity index (χ3n) is 9.56. The Labute approximate surface area is 254 Å². The van der Waals surface area contributed by atoms with Gasteiger partial charge in [0.25, 0.3) is 5.91 Å². The summed E-state index contributed by atoms with van der Waals surface area (Å²) in [6.07, 6.45) is 4.36. The minimum atomic E-state index is -1.20. The van der Waals surface area contributed by atoms with Gasteiger partial charge in [-0.25, -0.2) is 0 Å². The molecule has 228 valence electrons. The van der Waals surface area contributed by atoms with E-state index in [1.165, 1.54) is 4.90 Å². The number of aryl methyl sites for hydroxylation is 2. The molecule has 2 aromatic rings. The Bertz CT molecular complexity index is 1430. The van der Waals surface area contributed by atoms with Crippen molar-refractivity contribution in [3.63, 3.8) is 0 Å². The van der Waals surface area contributed by atoms with Crippen molar-refractivity contribution in [2.75, 3.05) is 24.6 Å². The number of carbonyl (C=O) groups excluding carboxylic acids is 3. The molecule has 3 heterocycles. The van der Waals surface area contributed by atoms with Crippen molar-refractivity contribution in [3.8, 4) is 0 Å². The lowest BCUT2D eigenvalue weighted by Crippen LogP contribution is -2.58. The van der Waals surface area contributed by atoms with Crippen molar-refractivity contribution in [2.45, 2.75) is 70.4 Å². The molecule has 3 saturated heterocycles. The molecule has 43 heavy (non-hydrogen) atoms. The second-order valence-corrected chi connectivity index (χ2v) is 12.5. The quantitative estimate of drug-likeness (QED) is 0.400. The average molecular weight is 586 g/mol. The van der Waals surface area contributed by atoms with Crippen LogP contribution in [-0.2, 0) is 25.7 Å². The van der Waals surface area contributed by atoms with E-state index in [0.717, 1.165) is 22.4 Å². The highest BCUT2D eigenvalue weighted by Crippen LogP contribution is 2.64. The number of hydrogen-bond acceptors (Lipinski definition) is 5. The molecule has 0 radical (unpaired) electrons. The summed E-state index contributed by atoms with van der Waals surface area (Å²) in [7, 11) is 0. The number of amides is 3. The van der Waals surface area contributed by atoms with E-state index in [9.17, 15) is 19.5 Å². The topological polar surface area (TPSA) is 90.4 Å².